The van der Waals surface area contributed by atoms with Gasteiger partial charge in [-0.05, 0) is 0 Å². The van der Waals surface area contributed by atoms with Crippen LogP contribution in [0.15, 0.2) is 11.6 Å². The van der Waals surface area contributed by atoms with E-state index in [1.54, 1.807) is 11.1 Å². The number of hydrogen-bond donors (Lipinski definition) is 1. The molecule has 0 aromatic carbocycles. The van der Waals surface area contributed by atoms with Crippen LogP contribution in [0.2, 0.25) is 0 Å². The summed E-state index contributed by atoms with van der Waals surface area (Å²) in [7, 11) is 0. The van der Waals surface area contributed by atoms with Crippen LogP contribution in [-0.2, 0) is 4.79 Å². The Morgan fingerprint density at radius 3 is 3.15 bits per heavy atom. The fraction of sp³-hybridized carbons (Fsp3) is 0.500. The van der Waals surface area contributed by atoms with E-state index in [1.807, 2.05) is 5.38 Å². The van der Waals surface area contributed by atoms with Crippen molar-refractivity contribution >= 4 is 22.4 Å². The van der Waals surface area contributed by atoms with E-state index >= 15 is 0 Å². The Morgan fingerprint density at radius 2 is 2.62 bits per heavy atom. The van der Waals surface area contributed by atoms with Crippen LogP contribution in [0, 0.1) is 5.92 Å². The third kappa shape index (κ3) is 1.57. The quantitative estimate of drug-likeness (QED) is 0.752. The number of hydrogen-bond acceptors (Lipinski definition) is 4. The highest BCUT2D eigenvalue weighted by molar-refractivity contribution is 7.13. The molecule has 0 aliphatic carbocycles. The zero-order chi connectivity index (χ0) is 9.26. The number of aromatic nitrogens is 1. The number of rotatable bonds is 2. The molecule has 5 heteroatoms. The van der Waals surface area contributed by atoms with Gasteiger partial charge in [-0.15, -0.1) is 11.3 Å². The minimum Gasteiger partial charge on any atom is -0.396 e. The summed E-state index contributed by atoms with van der Waals surface area (Å²) < 4.78 is 0. The molecular weight excluding hydrogens is 188 g/mol. The molecule has 1 aromatic rings. The zero-order valence-corrected chi connectivity index (χ0v) is 7.83. The molecule has 1 unspecified atom stereocenters. The van der Waals surface area contributed by atoms with Gasteiger partial charge >= 0.3 is 0 Å². The van der Waals surface area contributed by atoms with Gasteiger partial charge in [0.05, 0.1) is 0 Å². The lowest BCUT2D eigenvalue weighted by Crippen LogP contribution is -2.24. The van der Waals surface area contributed by atoms with Crippen molar-refractivity contribution < 1.29 is 9.90 Å². The maximum absolute atomic E-state index is 11.4. The number of thiazole rings is 1. The molecule has 1 fully saturated rings. The molecule has 1 aliphatic heterocycles. The lowest BCUT2D eigenvalue weighted by Gasteiger charge is -2.11. The maximum Gasteiger partial charge on any atom is 0.229 e. The summed E-state index contributed by atoms with van der Waals surface area (Å²) in [5, 5.41) is 11.5. The van der Waals surface area contributed by atoms with Crippen molar-refractivity contribution in [3.63, 3.8) is 0 Å². The third-order valence-electron chi connectivity index (χ3n) is 2.11. The molecule has 0 saturated carbocycles. The molecule has 0 spiro atoms. The summed E-state index contributed by atoms with van der Waals surface area (Å²) in [5.41, 5.74) is 0. The summed E-state index contributed by atoms with van der Waals surface area (Å²) in [5.74, 6) is 0.144. The molecule has 1 atom stereocenters. The first-order valence-electron chi connectivity index (χ1n) is 4.12. The molecule has 1 aliphatic rings. The molecule has 1 amide bonds. The Labute approximate surface area is 79.8 Å². The van der Waals surface area contributed by atoms with E-state index in [0.717, 1.165) is 5.13 Å². The van der Waals surface area contributed by atoms with Gasteiger partial charge in [0.25, 0.3) is 0 Å². The Morgan fingerprint density at radius 1 is 1.77 bits per heavy atom. The number of aliphatic hydroxyl groups excluding tert-OH is 1. The summed E-state index contributed by atoms with van der Waals surface area (Å²) in [6.07, 6.45) is 2.12. The largest absolute Gasteiger partial charge is 0.396 e. The molecule has 1 saturated heterocycles. The first-order chi connectivity index (χ1) is 6.31. The summed E-state index contributed by atoms with van der Waals surface area (Å²) >= 11 is 1.45. The average Bonchev–Trinajstić information content (AvgIpc) is 2.72. The lowest BCUT2D eigenvalue weighted by atomic mass is 10.1. The van der Waals surface area contributed by atoms with E-state index in [2.05, 4.69) is 4.98 Å². The van der Waals surface area contributed by atoms with Gasteiger partial charge in [-0.25, -0.2) is 4.98 Å². The maximum atomic E-state index is 11.4. The zero-order valence-electron chi connectivity index (χ0n) is 7.01. The molecule has 1 N–H and O–H groups in total. The lowest BCUT2D eigenvalue weighted by molar-refractivity contribution is -0.117. The Balaban J connectivity index is 2.14. The molecule has 0 bridgehead atoms. The van der Waals surface area contributed by atoms with Crippen LogP contribution in [-0.4, -0.2) is 29.1 Å². The van der Waals surface area contributed by atoms with Gasteiger partial charge in [0.2, 0.25) is 5.91 Å². The molecule has 70 valence electrons. The van der Waals surface area contributed by atoms with Gasteiger partial charge in [0.1, 0.15) is 0 Å². The van der Waals surface area contributed by atoms with Crippen molar-refractivity contribution in [3.05, 3.63) is 11.6 Å². The monoisotopic (exact) mass is 198 g/mol. The van der Waals surface area contributed by atoms with Crippen molar-refractivity contribution in [2.75, 3.05) is 18.1 Å². The molecule has 1 aromatic heterocycles. The minimum atomic E-state index is 0.0639. The smallest absolute Gasteiger partial charge is 0.229 e. The van der Waals surface area contributed by atoms with Crippen LogP contribution in [0.5, 0.6) is 0 Å². The first kappa shape index (κ1) is 8.65. The van der Waals surface area contributed by atoms with Crippen LogP contribution >= 0.6 is 11.3 Å². The van der Waals surface area contributed by atoms with E-state index in [0.29, 0.717) is 13.0 Å². The van der Waals surface area contributed by atoms with E-state index < -0.39 is 0 Å². The summed E-state index contributed by atoms with van der Waals surface area (Å²) in [6, 6.07) is 0. The first-order valence-corrected chi connectivity index (χ1v) is 5.00. The van der Waals surface area contributed by atoms with Crippen LogP contribution in [0.4, 0.5) is 5.13 Å². The number of nitrogens with zero attached hydrogens (tertiary/aromatic N) is 2. The highest BCUT2D eigenvalue weighted by atomic mass is 32.1. The predicted molar refractivity (Wildman–Crippen MR) is 49.7 cm³/mol. The Hall–Kier alpha value is -0.940. The fourth-order valence-electron chi connectivity index (χ4n) is 1.44. The average molecular weight is 198 g/mol. The van der Waals surface area contributed by atoms with Gasteiger partial charge in [-0.2, -0.15) is 0 Å². The molecule has 2 heterocycles. The normalized spacial score (nSPS) is 22.7. The second-order valence-corrected chi connectivity index (χ2v) is 3.94. The highest BCUT2D eigenvalue weighted by Crippen LogP contribution is 2.25. The van der Waals surface area contributed by atoms with E-state index in [1.165, 1.54) is 11.3 Å². The molecule has 2 rings (SSSR count). The summed E-state index contributed by atoms with van der Waals surface area (Å²) in [4.78, 5) is 17.1. The van der Waals surface area contributed by atoms with Gasteiger partial charge < -0.3 is 5.11 Å². The second kappa shape index (κ2) is 3.43. The summed E-state index contributed by atoms with van der Waals surface area (Å²) in [6.45, 7) is 0.677. The van der Waals surface area contributed by atoms with Gasteiger partial charge in [0.15, 0.2) is 5.13 Å². The van der Waals surface area contributed by atoms with Crippen LogP contribution in [0.3, 0.4) is 0 Å². The van der Waals surface area contributed by atoms with E-state index in [-0.39, 0.29) is 18.4 Å². The highest BCUT2D eigenvalue weighted by Gasteiger charge is 2.31. The number of carbonyl (C=O) groups is 1. The van der Waals surface area contributed by atoms with Gasteiger partial charge in [0, 0.05) is 37.1 Å². The molecular formula is C8H10N2O2S. The molecule has 13 heavy (non-hydrogen) atoms. The molecule has 0 radical (unpaired) electrons. The fourth-order valence-corrected chi connectivity index (χ4v) is 2.11. The SMILES string of the molecule is O=C1CC(CO)CN1c1nccs1. The van der Waals surface area contributed by atoms with Crippen molar-refractivity contribution in [1.82, 2.24) is 4.98 Å². The van der Waals surface area contributed by atoms with Crippen molar-refractivity contribution in [2.24, 2.45) is 5.92 Å². The van der Waals surface area contributed by atoms with Crippen LogP contribution in [0.1, 0.15) is 6.42 Å². The van der Waals surface area contributed by atoms with Crippen LogP contribution < -0.4 is 4.90 Å². The van der Waals surface area contributed by atoms with Crippen molar-refractivity contribution in [2.45, 2.75) is 6.42 Å². The number of anilines is 1. The predicted octanol–water partition coefficient (Wildman–Crippen LogP) is 0.488. The van der Waals surface area contributed by atoms with E-state index in [9.17, 15) is 4.79 Å². The van der Waals surface area contributed by atoms with Gasteiger partial charge in [-0.3, -0.25) is 9.69 Å². The topological polar surface area (TPSA) is 53.4 Å². The Bertz CT molecular complexity index is 299. The minimum absolute atomic E-state index is 0.0639. The van der Waals surface area contributed by atoms with Gasteiger partial charge in [-0.1, -0.05) is 0 Å². The number of carbonyl (C=O) groups excluding carboxylic acids is 1. The van der Waals surface area contributed by atoms with E-state index in [4.69, 9.17) is 5.11 Å². The van der Waals surface area contributed by atoms with Crippen molar-refractivity contribution in [3.8, 4) is 0 Å². The number of amides is 1. The second-order valence-electron chi connectivity index (χ2n) is 3.07. The third-order valence-corrected chi connectivity index (χ3v) is 2.91. The van der Waals surface area contributed by atoms with Crippen molar-refractivity contribution in [1.29, 1.82) is 0 Å². The van der Waals surface area contributed by atoms with Crippen LogP contribution in [0.25, 0.3) is 0 Å². The number of aliphatic hydroxyl groups is 1. The Kier molecular flexibility index (Phi) is 2.28. The standard InChI is InChI=1S/C8H10N2O2S/c11-5-6-3-7(12)10(4-6)8-9-1-2-13-8/h1-2,6,11H,3-5H2. The molecule has 4 nitrogen and oxygen atoms in total.